The van der Waals surface area contributed by atoms with Gasteiger partial charge in [0, 0.05) is 23.2 Å². The van der Waals surface area contributed by atoms with Crippen molar-refractivity contribution >= 4 is 22.9 Å². The number of fused-ring (bicyclic) bond motifs is 1. The summed E-state index contributed by atoms with van der Waals surface area (Å²) in [7, 11) is 0. The maximum Gasteiger partial charge on any atom is 0.242 e. The fourth-order valence-corrected chi connectivity index (χ4v) is 4.15. The third kappa shape index (κ3) is 3.06. The van der Waals surface area contributed by atoms with Crippen molar-refractivity contribution in [3.63, 3.8) is 0 Å². The molecule has 1 atom stereocenters. The van der Waals surface area contributed by atoms with Gasteiger partial charge < -0.3 is 19.7 Å². The molecule has 0 spiro atoms. The SMILES string of the molecule is O=C(CNc1ccc2c(c1)OCCO2)N1CCC[C@@H]1c1cccs1. The van der Waals surface area contributed by atoms with Crippen molar-refractivity contribution in [1.82, 2.24) is 4.90 Å². The van der Waals surface area contributed by atoms with Crippen molar-refractivity contribution in [2.45, 2.75) is 18.9 Å². The van der Waals surface area contributed by atoms with Crippen LogP contribution in [0.4, 0.5) is 5.69 Å². The van der Waals surface area contributed by atoms with E-state index in [4.69, 9.17) is 9.47 Å². The lowest BCUT2D eigenvalue weighted by molar-refractivity contribution is -0.130. The normalized spacial score (nSPS) is 19.3. The Hall–Kier alpha value is -2.21. The van der Waals surface area contributed by atoms with Gasteiger partial charge in [0.25, 0.3) is 0 Å². The van der Waals surface area contributed by atoms with Crippen LogP contribution in [0.3, 0.4) is 0 Å². The fourth-order valence-electron chi connectivity index (χ4n) is 3.27. The summed E-state index contributed by atoms with van der Waals surface area (Å²) in [5.74, 6) is 1.63. The first kappa shape index (κ1) is 15.3. The number of hydrogen-bond acceptors (Lipinski definition) is 5. The molecule has 2 aromatic rings. The molecule has 1 N–H and O–H groups in total. The molecule has 1 aromatic heterocycles. The Kier molecular flexibility index (Phi) is 4.30. The Balaban J connectivity index is 1.39. The van der Waals surface area contributed by atoms with Crippen LogP contribution in [0.2, 0.25) is 0 Å². The second-order valence-corrected chi connectivity index (χ2v) is 6.95. The number of benzene rings is 1. The fraction of sp³-hybridized carbons (Fsp3) is 0.389. The number of carbonyl (C=O) groups excluding carboxylic acids is 1. The molecule has 6 heteroatoms. The van der Waals surface area contributed by atoms with Crippen LogP contribution in [0, 0.1) is 0 Å². The zero-order valence-electron chi connectivity index (χ0n) is 13.4. The number of nitrogens with zero attached hydrogens (tertiary/aromatic N) is 1. The lowest BCUT2D eigenvalue weighted by atomic mass is 10.2. The first-order chi connectivity index (χ1) is 11.8. The van der Waals surface area contributed by atoms with Gasteiger partial charge in [-0.3, -0.25) is 4.79 Å². The maximum absolute atomic E-state index is 12.6. The van der Waals surface area contributed by atoms with Crippen LogP contribution in [0.1, 0.15) is 23.8 Å². The highest BCUT2D eigenvalue weighted by atomic mass is 32.1. The number of hydrogen-bond donors (Lipinski definition) is 1. The van der Waals surface area contributed by atoms with Gasteiger partial charge >= 0.3 is 0 Å². The topological polar surface area (TPSA) is 50.8 Å². The zero-order valence-corrected chi connectivity index (χ0v) is 14.2. The Bertz CT molecular complexity index is 717. The predicted molar refractivity (Wildman–Crippen MR) is 93.9 cm³/mol. The van der Waals surface area contributed by atoms with Crippen LogP contribution in [0.5, 0.6) is 11.5 Å². The molecule has 1 amide bonds. The van der Waals surface area contributed by atoms with Crippen molar-refractivity contribution in [2.24, 2.45) is 0 Å². The second kappa shape index (κ2) is 6.73. The van der Waals surface area contributed by atoms with Gasteiger partial charge in [0.1, 0.15) is 13.2 Å². The van der Waals surface area contributed by atoms with Crippen molar-refractivity contribution < 1.29 is 14.3 Å². The van der Waals surface area contributed by atoms with Crippen LogP contribution in [0.25, 0.3) is 0 Å². The van der Waals surface area contributed by atoms with E-state index < -0.39 is 0 Å². The molecular weight excluding hydrogens is 324 g/mol. The molecule has 1 aromatic carbocycles. The molecule has 0 saturated carbocycles. The Labute approximate surface area is 145 Å². The highest BCUT2D eigenvalue weighted by Gasteiger charge is 2.30. The molecular formula is C18H20N2O3S. The number of amides is 1. The molecule has 4 rings (SSSR count). The first-order valence-corrected chi connectivity index (χ1v) is 9.15. The average molecular weight is 344 g/mol. The van der Waals surface area contributed by atoms with Gasteiger partial charge in [0.05, 0.1) is 12.6 Å². The lowest BCUT2D eigenvalue weighted by Gasteiger charge is -2.24. The van der Waals surface area contributed by atoms with Gasteiger partial charge in [0.15, 0.2) is 11.5 Å². The van der Waals surface area contributed by atoms with E-state index in [1.54, 1.807) is 11.3 Å². The largest absolute Gasteiger partial charge is 0.486 e. The number of carbonyl (C=O) groups is 1. The highest BCUT2D eigenvalue weighted by Crippen LogP contribution is 2.35. The van der Waals surface area contributed by atoms with Crippen molar-refractivity contribution in [1.29, 1.82) is 0 Å². The molecule has 3 heterocycles. The predicted octanol–water partition coefficient (Wildman–Crippen LogP) is 3.29. The summed E-state index contributed by atoms with van der Waals surface area (Å²) >= 11 is 1.73. The molecule has 2 aliphatic heterocycles. The number of ether oxygens (including phenoxy) is 2. The van der Waals surface area contributed by atoms with Crippen LogP contribution in [0.15, 0.2) is 35.7 Å². The van der Waals surface area contributed by atoms with Crippen LogP contribution >= 0.6 is 11.3 Å². The average Bonchev–Trinajstić information content (AvgIpc) is 3.30. The van der Waals surface area contributed by atoms with E-state index in [2.05, 4.69) is 22.8 Å². The smallest absolute Gasteiger partial charge is 0.242 e. The quantitative estimate of drug-likeness (QED) is 0.925. The Morgan fingerprint density at radius 2 is 2.12 bits per heavy atom. The van der Waals surface area contributed by atoms with Gasteiger partial charge in [-0.1, -0.05) is 6.07 Å². The van der Waals surface area contributed by atoms with Gasteiger partial charge in [-0.05, 0) is 36.4 Å². The minimum Gasteiger partial charge on any atom is -0.486 e. The standard InChI is InChI=1S/C18H20N2O3S/c21-18(20-7-1-3-14(20)17-4-2-10-24-17)12-19-13-5-6-15-16(11-13)23-9-8-22-15/h2,4-6,10-11,14,19H,1,3,7-9,12H2/t14-/m1/s1. The van der Waals surface area contributed by atoms with Gasteiger partial charge in [-0.15, -0.1) is 11.3 Å². The molecule has 0 radical (unpaired) electrons. The lowest BCUT2D eigenvalue weighted by Crippen LogP contribution is -2.34. The van der Waals surface area contributed by atoms with E-state index in [0.717, 1.165) is 36.6 Å². The van der Waals surface area contributed by atoms with Crippen molar-refractivity contribution in [2.75, 3.05) is 31.6 Å². The number of anilines is 1. The molecule has 24 heavy (non-hydrogen) atoms. The van der Waals surface area contributed by atoms with Crippen molar-refractivity contribution in [3.8, 4) is 11.5 Å². The maximum atomic E-state index is 12.6. The van der Waals surface area contributed by atoms with Gasteiger partial charge in [-0.2, -0.15) is 0 Å². The van der Waals surface area contributed by atoms with Crippen LogP contribution in [-0.4, -0.2) is 37.1 Å². The monoisotopic (exact) mass is 344 g/mol. The molecule has 0 unspecified atom stereocenters. The van der Waals surface area contributed by atoms with E-state index in [1.165, 1.54) is 4.88 Å². The highest BCUT2D eigenvalue weighted by molar-refractivity contribution is 7.10. The molecule has 1 fully saturated rings. The molecule has 1 saturated heterocycles. The number of rotatable bonds is 4. The van der Waals surface area contributed by atoms with Gasteiger partial charge in [0.2, 0.25) is 5.91 Å². The molecule has 0 aliphatic carbocycles. The Morgan fingerprint density at radius 1 is 1.25 bits per heavy atom. The van der Waals surface area contributed by atoms with E-state index in [0.29, 0.717) is 19.8 Å². The second-order valence-electron chi connectivity index (χ2n) is 5.97. The summed E-state index contributed by atoms with van der Waals surface area (Å²) in [5.41, 5.74) is 0.875. The van der Waals surface area contributed by atoms with E-state index in [9.17, 15) is 4.79 Å². The van der Waals surface area contributed by atoms with Gasteiger partial charge in [-0.25, -0.2) is 0 Å². The zero-order chi connectivity index (χ0) is 16.4. The number of likely N-dealkylation sites (tertiary alicyclic amines) is 1. The molecule has 0 bridgehead atoms. The van der Waals surface area contributed by atoms with E-state index in [1.807, 2.05) is 23.1 Å². The minimum atomic E-state index is 0.140. The van der Waals surface area contributed by atoms with Crippen LogP contribution < -0.4 is 14.8 Å². The van der Waals surface area contributed by atoms with E-state index in [-0.39, 0.29) is 11.9 Å². The summed E-state index contributed by atoms with van der Waals surface area (Å²) in [6, 6.07) is 10.1. The third-order valence-electron chi connectivity index (χ3n) is 4.43. The first-order valence-electron chi connectivity index (χ1n) is 8.27. The third-order valence-corrected chi connectivity index (χ3v) is 5.40. The van der Waals surface area contributed by atoms with Crippen molar-refractivity contribution in [3.05, 3.63) is 40.6 Å². The van der Waals surface area contributed by atoms with Crippen LogP contribution in [-0.2, 0) is 4.79 Å². The van der Waals surface area contributed by atoms with E-state index >= 15 is 0 Å². The number of nitrogens with one attached hydrogen (secondary N) is 1. The molecule has 2 aliphatic rings. The summed E-state index contributed by atoms with van der Waals surface area (Å²) in [4.78, 5) is 15.9. The summed E-state index contributed by atoms with van der Waals surface area (Å²) in [5, 5.41) is 5.29. The number of thiophene rings is 1. The summed E-state index contributed by atoms with van der Waals surface area (Å²) in [6.07, 6.45) is 2.12. The summed E-state index contributed by atoms with van der Waals surface area (Å²) in [6.45, 7) is 2.27. The Morgan fingerprint density at radius 3 is 2.96 bits per heavy atom. The summed E-state index contributed by atoms with van der Waals surface area (Å²) < 4.78 is 11.1. The molecule has 5 nitrogen and oxygen atoms in total. The molecule has 126 valence electrons. The minimum absolute atomic E-state index is 0.140.